The van der Waals surface area contributed by atoms with E-state index in [0.717, 1.165) is 17.7 Å². The maximum atomic E-state index is 12.5. The number of nitrogens with zero attached hydrogens (tertiary/aromatic N) is 2. The molecule has 0 radical (unpaired) electrons. The Balaban J connectivity index is 1.57. The molecule has 160 valence electrons. The van der Waals surface area contributed by atoms with Crippen LogP contribution in [-0.2, 0) is 14.8 Å². The lowest BCUT2D eigenvalue weighted by atomic mass is 10.2. The largest absolute Gasteiger partial charge is 0.380 e. The molecule has 0 aromatic heterocycles. The molecule has 1 amide bonds. The number of sulfonamides is 1. The number of nitrogens with one attached hydrogen (secondary N) is 1. The summed E-state index contributed by atoms with van der Waals surface area (Å²) in [5.74, 6) is -0.0350. The van der Waals surface area contributed by atoms with E-state index >= 15 is 0 Å². The first-order valence-corrected chi connectivity index (χ1v) is 11.8. The van der Waals surface area contributed by atoms with Gasteiger partial charge in [-0.05, 0) is 42.3 Å². The van der Waals surface area contributed by atoms with Crippen LogP contribution in [0.1, 0.15) is 25.8 Å². The molecule has 1 N–H and O–H groups in total. The Hall–Kier alpha value is -2.64. The monoisotopic (exact) mass is 427 g/mol. The zero-order valence-corrected chi connectivity index (χ0v) is 18.3. The van der Waals surface area contributed by atoms with Gasteiger partial charge in [-0.25, -0.2) is 8.42 Å². The van der Waals surface area contributed by atoms with Gasteiger partial charge in [-0.15, -0.1) is 0 Å². The highest BCUT2D eigenvalue weighted by molar-refractivity contribution is 7.89. The molecule has 1 aliphatic heterocycles. The van der Waals surface area contributed by atoms with Crippen molar-refractivity contribution in [3.63, 3.8) is 0 Å². The lowest BCUT2D eigenvalue weighted by molar-refractivity contribution is -0.124. The van der Waals surface area contributed by atoms with Gasteiger partial charge in [0.1, 0.15) is 0 Å². The molecule has 0 saturated carbocycles. The number of hydrogen-bond acceptors (Lipinski definition) is 4. The van der Waals surface area contributed by atoms with Crippen LogP contribution in [0.4, 0.5) is 5.69 Å². The summed E-state index contributed by atoms with van der Waals surface area (Å²) in [5.41, 5.74) is 1.85. The molecule has 1 unspecified atom stereocenters. The van der Waals surface area contributed by atoms with E-state index in [2.05, 4.69) is 5.32 Å². The van der Waals surface area contributed by atoms with Crippen molar-refractivity contribution < 1.29 is 13.2 Å². The fourth-order valence-electron chi connectivity index (χ4n) is 3.58. The van der Waals surface area contributed by atoms with Crippen molar-refractivity contribution in [2.24, 2.45) is 0 Å². The third-order valence-corrected chi connectivity index (χ3v) is 7.35. The first kappa shape index (κ1) is 22.1. The molecule has 30 heavy (non-hydrogen) atoms. The maximum Gasteiger partial charge on any atom is 0.246 e. The molecule has 6 nitrogen and oxygen atoms in total. The van der Waals surface area contributed by atoms with Crippen LogP contribution in [0.2, 0.25) is 0 Å². The van der Waals surface area contributed by atoms with Crippen molar-refractivity contribution in [2.75, 3.05) is 31.5 Å². The molecule has 2 aromatic rings. The first-order valence-electron chi connectivity index (χ1n) is 10.3. The van der Waals surface area contributed by atoms with Crippen molar-refractivity contribution >= 4 is 27.7 Å². The number of hydrogen-bond donors (Lipinski definition) is 1. The van der Waals surface area contributed by atoms with Crippen LogP contribution in [0.25, 0.3) is 6.08 Å². The summed E-state index contributed by atoms with van der Waals surface area (Å²) in [7, 11) is -3.47. The van der Waals surface area contributed by atoms with Crippen LogP contribution >= 0.6 is 0 Å². The first-order chi connectivity index (χ1) is 14.4. The normalized spacial score (nSPS) is 17.0. The number of carbonyl (C=O) groups excluding carboxylic acids is 1. The number of likely N-dealkylation sites (tertiary alicyclic amines) is 1. The van der Waals surface area contributed by atoms with Crippen LogP contribution in [0.5, 0.6) is 0 Å². The smallest absolute Gasteiger partial charge is 0.246 e. The van der Waals surface area contributed by atoms with Gasteiger partial charge in [-0.2, -0.15) is 4.31 Å². The molecule has 3 rings (SSSR count). The number of amides is 1. The minimum absolute atomic E-state index is 0.0350. The SMILES string of the molecule is CCN(CC)S(=O)(=O)c1ccc(/C=C/C(=O)N2CCC(Nc3ccccc3)C2)cc1. The highest BCUT2D eigenvalue weighted by Gasteiger charge is 2.25. The summed E-state index contributed by atoms with van der Waals surface area (Å²) in [6.45, 7) is 5.90. The van der Waals surface area contributed by atoms with Gasteiger partial charge in [0.2, 0.25) is 15.9 Å². The molecular formula is C23H29N3O3S. The van der Waals surface area contributed by atoms with E-state index in [9.17, 15) is 13.2 Å². The van der Waals surface area contributed by atoms with Gasteiger partial charge in [0.25, 0.3) is 0 Å². The Kier molecular flexibility index (Phi) is 7.29. The van der Waals surface area contributed by atoms with Crippen LogP contribution in [0, 0.1) is 0 Å². The Morgan fingerprint density at radius 2 is 1.77 bits per heavy atom. The van der Waals surface area contributed by atoms with E-state index < -0.39 is 10.0 Å². The predicted octanol–water partition coefficient (Wildman–Crippen LogP) is 3.44. The lowest BCUT2D eigenvalue weighted by Gasteiger charge is -2.18. The van der Waals surface area contributed by atoms with Gasteiger partial charge >= 0.3 is 0 Å². The van der Waals surface area contributed by atoms with Gasteiger partial charge in [0.15, 0.2) is 0 Å². The van der Waals surface area contributed by atoms with Crippen LogP contribution < -0.4 is 5.32 Å². The zero-order chi connectivity index (χ0) is 21.6. The standard InChI is InChI=1S/C23H29N3O3S/c1-3-26(4-2)30(28,29)22-13-10-19(11-14-22)12-15-23(27)25-17-16-21(18-25)24-20-8-6-5-7-9-20/h5-15,21,24H,3-4,16-18H2,1-2H3/b15-12+. The van der Waals surface area contributed by atoms with Crippen LogP contribution in [0.3, 0.4) is 0 Å². The molecular weight excluding hydrogens is 398 g/mol. The number of carbonyl (C=O) groups is 1. The molecule has 2 aromatic carbocycles. The highest BCUT2D eigenvalue weighted by Crippen LogP contribution is 2.18. The Bertz CT molecular complexity index is 969. The molecule has 1 aliphatic rings. The van der Waals surface area contributed by atoms with E-state index in [1.807, 2.05) is 49.1 Å². The van der Waals surface area contributed by atoms with Gasteiger partial charge in [0, 0.05) is 44.0 Å². The molecule has 0 spiro atoms. The molecule has 7 heteroatoms. The predicted molar refractivity (Wildman–Crippen MR) is 121 cm³/mol. The average Bonchev–Trinajstić information content (AvgIpc) is 3.22. The van der Waals surface area contributed by atoms with Crippen molar-refractivity contribution in [2.45, 2.75) is 31.2 Å². The van der Waals surface area contributed by atoms with Crippen LogP contribution in [-0.4, -0.2) is 55.8 Å². The molecule has 1 heterocycles. The molecule has 1 fully saturated rings. The Labute approximate surface area is 179 Å². The summed E-state index contributed by atoms with van der Waals surface area (Å²) in [5, 5.41) is 3.46. The fourth-order valence-corrected chi connectivity index (χ4v) is 5.04. The third-order valence-electron chi connectivity index (χ3n) is 5.29. The van der Waals surface area contributed by atoms with Crippen LogP contribution in [0.15, 0.2) is 65.6 Å². The second kappa shape index (κ2) is 9.91. The quantitative estimate of drug-likeness (QED) is 0.655. The van der Waals surface area contributed by atoms with Crippen molar-refractivity contribution in [1.82, 2.24) is 9.21 Å². The van der Waals surface area contributed by atoms with E-state index in [4.69, 9.17) is 0 Å². The second-order valence-electron chi connectivity index (χ2n) is 7.27. The Morgan fingerprint density at radius 1 is 1.10 bits per heavy atom. The minimum Gasteiger partial charge on any atom is -0.380 e. The van der Waals surface area contributed by atoms with Gasteiger partial charge in [-0.3, -0.25) is 4.79 Å². The molecule has 1 atom stereocenters. The van der Waals surface area contributed by atoms with E-state index in [-0.39, 0.29) is 16.8 Å². The molecule has 0 aliphatic carbocycles. The maximum absolute atomic E-state index is 12.5. The summed E-state index contributed by atoms with van der Waals surface area (Å²) < 4.78 is 26.5. The highest BCUT2D eigenvalue weighted by atomic mass is 32.2. The van der Waals surface area contributed by atoms with E-state index in [1.165, 1.54) is 4.31 Å². The third kappa shape index (κ3) is 5.29. The molecule has 1 saturated heterocycles. The van der Waals surface area contributed by atoms with E-state index in [1.54, 1.807) is 36.4 Å². The number of anilines is 1. The van der Waals surface area contributed by atoms with Gasteiger partial charge in [0.05, 0.1) is 4.90 Å². The van der Waals surface area contributed by atoms with Gasteiger partial charge in [-0.1, -0.05) is 44.2 Å². The van der Waals surface area contributed by atoms with Gasteiger partial charge < -0.3 is 10.2 Å². The van der Waals surface area contributed by atoms with Crippen molar-refractivity contribution in [3.05, 3.63) is 66.2 Å². The summed E-state index contributed by atoms with van der Waals surface area (Å²) in [6.07, 6.45) is 4.19. The lowest BCUT2D eigenvalue weighted by Crippen LogP contribution is -2.30. The second-order valence-corrected chi connectivity index (χ2v) is 9.21. The summed E-state index contributed by atoms with van der Waals surface area (Å²) in [6, 6.07) is 16.9. The topological polar surface area (TPSA) is 69.7 Å². The van der Waals surface area contributed by atoms with E-state index in [0.29, 0.717) is 26.2 Å². The van der Waals surface area contributed by atoms with Crippen molar-refractivity contribution in [3.8, 4) is 0 Å². The zero-order valence-electron chi connectivity index (χ0n) is 17.5. The number of rotatable bonds is 8. The summed E-state index contributed by atoms with van der Waals surface area (Å²) >= 11 is 0. The number of para-hydroxylation sites is 1. The Morgan fingerprint density at radius 3 is 2.40 bits per heavy atom. The average molecular weight is 428 g/mol. The minimum atomic E-state index is -3.47. The summed E-state index contributed by atoms with van der Waals surface area (Å²) in [4.78, 5) is 14.6. The number of benzene rings is 2. The fraction of sp³-hybridized carbons (Fsp3) is 0.348. The molecule has 0 bridgehead atoms. The van der Waals surface area contributed by atoms with Crippen molar-refractivity contribution in [1.29, 1.82) is 0 Å².